The molecule has 1 aliphatic rings. The smallest absolute Gasteiger partial charge is 0.258 e. The van der Waals surface area contributed by atoms with Gasteiger partial charge in [0.2, 0.25) is 0 Å². The minimum absolute atomic E-state index is 0.0308. The fraction of sp³-hybridized carbons (Fsp3) is 0.562. The van der Waals surface area contributed by atoms with E-state index >= 15 is 0 Å². The molecule has 1 aromatic rings. The molecule has 1 saturated carbocycles. The van der Waals surface area contributed by atoms with Gasteiger partial charge in [-0.25, -0.2) is 4.39 Å². The van der Waals surface area contributed by atoms with Crippen LogP contribution in [-0.4, -0.2) is 23.7 Å². The molecular formula is C16H22FNO3. The number of hydrogen-bond donors (Lipinski definition) is 2. The van der Waals surface area contributed by atoms with Gasteiger partial charge >= 0.3 is 0 Å². The number of halogens is 1. The van der Waals surface area contributed by atoms with Crippen molar-refractivity contribution in [1.82, 2.24) is 5.32 Å². The first-order chi connectivity index (χ1) is 10.2. The fourth-order valence-electron chi connectivity index (χ4n) is 2.60. The van der Waals surface area contributed by atoms with Crippen LogP contribution in [0.15, 0.2) is 18.2 Å². The zero-order valence-corrected chi connectivity index (χ0v) is 12.1. The largest absolute Gasteiger partial charge is 0.481 e. The van der Waals surface area contributed by atoms with E-state index < -0.39 is 5.82 Å². The fourth-order valence-corrected chi connectivity index (χ4v) is 2.60. The molecule has 0 aliphatic heterocycles. The number of carbonyl (C=O) groups is 1. The highest BCUT2D eigenvalue weighted by molar-refractivity contribution is 5.77. The summed E-state index contributed by atoms with van der Waals surface area (Å²) < 4.78 is 18.8. The molecule has 0 heterocycles. The quantitative estimate of drug-likeness (QED) is 0.821. The summed E-state index contributed by atoms with van der Waals surface area (Å²) >= 11 is 0. The van der Waals surface area contributed by atoms with Gasteiger partial charge in [-0.15, -0.1) is 0 Å². The lowest BCUT2D eigenvalue weighted by Crippen LogP contribution is -2.37. The molecule has 2 rings (SSSR count). The van der Waals surface area contributed by atoms with Crippen LogP contribution in [0.4, 0.5) is 4.39 Å². The highest BCUT2D eigenvalue weighted by Crippen LogP contribution is 2.19. The van der Waals surface area contributed by atoms with Crippen molar-refractivity contribution in [2.75, 3.05) is 6.61 Å². The van der Waals surface area contributed by atoms with Crippen LogP contribution in [0.25, 0.3) is 0 Å². The Bertz CT molecular complexity index is 471. The highest BCUT2D eigenvalue weighted by Gasteiger charge is 2.15. The standard InChI is InChI=1S/C16H22FNO3/c17-14-9-12(10-19)7-8-15(14)21-11-16(20)18-13-5-3-1-2-4-6-13/h7-9,13,19H,1-6,10-11H2,(H,18,20). The number of nitrogens with one attached hydrogen (secondary N) is 1. The Labute approximate surface area is 124 Å². The van der Waals surface area contributed by atoms with Crippen molar-refractivity contribution in [3.05, 3.63) is 29.6 Å². The number of amides is 1. The first kappa shape index (κ1) is 15.8. The van der Waals surface area contributed by atoms with Crippen molar-refractivity contribution in [2.45, 2.75) is 51.2 Å². The van der Waals surface area contributed by atoms with Gasteiger partial charge < -0.3 is 15.2 Å². The third kappa shape index (κ3) is 5.01. The van der Waals surface area contributed by atoms with Crippen molar-refractivity contribution < 1.29 is 19.0 Å². The SMILES string of the molecule is O=C(COc1ccc(CO)cc1F)NC1CCCCCC1. The van der Waals surface area contributed by atoms with Crippen LogP contribution in [0, 0.1) is 5.82 Å². The lowest BCUT2D eigenvalue weighted by Gasteiger charge is -2.16. The van der Waals surface area contributed by atoms with Gasteiger partial charge in [0.05, 0.1) is 6.61 Å². The number of ether oxygens (including phenoxy) is 1. The lowest BCUT2D eigenvalue weighted by molar-refractivity contribution is -0.123. The van der Waals surface area contributed by atoms with Crippen molar-refractivity contribution in [3.63, 3.8) is 0 Å². The average molecular weight is 295 g/mol. The zero-order chi connectivity index (χ0) is 15.1. The van der Waals surface area contributed by atoms with E-state index in [4.69, 9.17) is 9.84 Å². The predicted molar refractivity (Wildman–Crippen MR) is 77.5 cm³/mol. The van der Waals surface area contributed by atoms with Crippen LogP contribution < -0.4 is 10.1 Å². The Hall–Kier alpha value is -1.62. The summed E-state index contributed by atoms with van der Waals surface area (Å²) in [6, 6.07) is 4.42. The van der Waals surface area contributed by atoms with Crippen LogP contribution in [-0.2, 0) is 11.4 Å². The number of benzene rings is 1. The van der Waals surface area contributed by atoms with E-state index in [2.05, 4.69) is 5.32 Å². The van der Waals surface area contributed by atoms with Gasteiger partial charge in [-0.1, -0.05) is 31.7 Å². The first-order valence-electron chi connectivity index (χ1n) is 7.50. The molecule has 1 aromatic carbocycles. The number of aliphatic hydroxyl groups is 1. The summed E-state index contributed by atoms with van der Waals surface area (Å²) in [7, 11) is 0. The molecule has 1 amide bonds. The normalized spacial score (nSPS) is 16.3. The molecule has 0 bridgehead atoms. The Balaban J connectivity index is 1.80. The van der Waals surface area contributed by atoms with Crippen LogP contribution in [0.5, 0.6) is 5.75 Å². The van der Waals surface area contributed by atoms with E-state index in [0.29, 0.717) is 5.56 Å². The maximum Gasteiger partial charge on any atom is 0.258 e. The van der Waals surface area contributed by atoms with Crippen molar-refractivity contribution >= 4 is 5.91 Å². The van der Waals surface area contributed by atoms with E-state index in [1.54, 1.807) is 6.07 Å². The number of aliphatic hydroxyl groups excluding tert-OH is 1. The molecule has 0 saturated heterocycles. The Morgan fingerprint density at radius 1 is 1.29 bits per heavy atom. The molecule has 0 radical (unpaired) electrons. The highest BCUT2D eigenvalue weighted by atomic mass is 19.1. The first-order valence-corrected chi connectivity index (χ1v) is 7.50. The molecule has 0 aromatic heterocycles. The van der Waals surface area contributed by atoms with Gasteiger partial charge in [0.1, 0.15) is 0 Å². The Morgan fingerprint density at radius 3 is 2.62 bits per heavy atom. The Morgan fingerprint density at radius 2 is 2.00 bits per heavy atom. The molecule has 2 N–H and O–H groups in total. The molecule has 0 atom stereocenters. The van der Waals surface area contributed by atoms with Crippen LogP contribution in [0.2, 0.25) is 0 Å². The summed E-state index contributed by atoms with van der Waals surface area (Å²) in [5.41, 5.74) is 0.475. The molecule has 1 aliphatic carbocycles. The van der Waals surface area contributed by atoms with E-state index in [-0.39, 0.29) is 30.9 Å². The third-order valence-corrected chi connectivity index (χ3v) is 3.76. The molecule has 0 unspecified atom stereocenters. The third-order valence-electron chi connectivity index (χ3n) is 3.76. The van der Waals surface area contributed by atoms with Gasteiger partial charge in [-0.2, -0.15) is 0 Å². The van der Waals surface area contributed by atoms with Crippen LogP contribution in [0.3, 0.4) is 0 Å². The van der Waals surface area contributed by atoms with Crippen LogP contribution in [0.1, 0.15) is 44.1 Å². The van der Waals surface area contributed by atoms with Gasteiger partial charge in [0.25, 0.3) is 5.91 Å². The number of carbonyl (C=O) groups excluding carboxylic acids is 1. The van der Waals surface area contributed by atoms with Gasteiger partial charge in [-0.3, -0.25) is 4.79 Å². The van der Waals surface area contributed by atoms with E-state index in [9.17, 15) is 9.18 Å². The maximum absolute atomic E-state index is 13.6. The Kier molecular flexibility index (Phi) is 5.99. The number of rotatable bonds is 5. The van der Waals surface area contributed by atoms with E-state index in [0.717, 1.165) is 25.7 Å². The molecule has 116 valence electrons. The molecule has 4 nitrogen and oxygen atoms in total. The second-order valence-corrected chi connectivity index (χ2v) is 5.47. The summed E-state index contributed by atoms with van der Waals surface area (Å²) in [6.07, 6.45) is 6.75. The van der Waals surface area contributed by atoms with Crippen LogP contribution >= 0.6 is 0 Å². The maximum atomic E-state index is 13.6. The summed E-state index contributed by atoms with van der Waals surface area (Å²) in [5, 5.41) is 11.8. The van der Waals surface area contributed by atoms with Crippen molar-refractivity contribution in [2.24, 2.45) is 0 Å². The summed E-state index contributed by atoms with van der Waals surface area (Å²) in [4.78, 5) is 11.8. The average Bonchev–Trinajstić information content (AvgIpc) is 2.74. The lowest BCUT2D eigenvalue weighted by atomic mass is 10.1. The zero-order valence-electron chi connectivity index (χ0n) is 12.1. The van der Waals surface area contributed by atoms with E-state index in [1.807, 2.05) is 0 Å². The van der Waals surface area contributed by atoms with E-state index in [1.165, 1.54) is 25.0 Å². The number of hydrogen-bond acceptors (Lipinski definition) is 3. The monoisotopic (exact) mass is 295 g/mol. The molecular weight excluding hydrogens is 273 g/mol. The molecule has 1 fully saturated rings. The summed E-state index contributed by atoms with van der Waals surface area (Å²) in [5.74, 6) is -0.750. The molecule has 0 spiro atoms. The van der Waals surface area contributed by atoms with Crippen molar-refractivity contribution in [1.29, 1.82) is 0 Å². The van der Waals surface area contributed by atoms with Crippen molar-refractivity contribution in [3.8, 4) is 5.75 Å². The molecule has 21 heavy (non-hydrogen) atoms. The minimum Gasteiger partial charge on any atom is -0.481 e. The second-order valence-electron chi connectivity index (χ2n) is 5.47. The van der Waals surface area contributed by atoms with Gasteiger partial charge in [0, 0.05) is 6.04 Å². The summed E-state index contributed by atoms with van der Waals surface area (Å²) in [6.45, 7) is -0.411. The van der Waals surface area contributed by atoms with Gasteiger partial charge in [0.15, 0.2) is 18.2 Å². The molecule has 5 heteroatoms. The van der Waals surface area contributed by atoms with Gasteiger partial charge in [-0.05, 0) is 30.5 Å². The minimum atomic E-state index is -0.566. The topological polar surface area (TPSA) is 58.6 Å². The second kappa shape index (κ2) is 7.98. The predicted octanol–water partition coefficient (Wildman–Crippen LogP) is 2.54.